The van der Waals surface area contributed by atoms with Crippen molar-refractivity contribution in [1.82, 2.24) is 14.9 Å². The maximum atomic E-state index is 12.7. The van der Waals surface area contributed by atoms with E-state index < -0.39 is 0 Å². The summed E-state index contributed by atoms with van der Waals surface area (Å²) in [6, 6.07) is 14.2. The molecule has 5 nitrogen and oxygen atoms in total. The van der Waals surface area contributed by atoms with Crippen molar-refractivity contribution >= 4 is 28.9 Å². The summed E-state index contributed by atoms with van der Waals surface area (Å²) in [5.41, 5.74) is 3.19. The highest BCUT2D eigenvalue weighted by molar-refractivity contribution is 7.10. The van der Waals surface area contributed by atoms with E-state index in [0.717, 1.165) is 42.2 Å². The minimum atomic E-state index is 0.208. The lowest BCUT2D eigenvalue weighted by molar-refractivity contribution is -0.131. The van der Waals surface area contributed by atoms with Gasteiger partial charge in [0.1, 0.15) is 0 Å². The lowest BCUT2D eigenvalue weighted by Crippen LogP contribution is -2.40. The number of likely N-dealkylation sites (tertiary alicyclic amines) is 1. The number of carbonyl (C=O) groups excluding carboxylic acids is 1. The van der Waals surface area contributed by atoms with Gasteiger partial charge in [0.05, 0.1) is 12.1 Å². The zero-order valence-corrected chi connectivity index (χ0v) is 16.8. The number of aromatic nitrogens is 2. The monoisotopic (exact) mass is 392 g/mol. The van der Waals surface area contributed by atoms with Crippen molar-refractivity contribution in [3.8, 4) is 0 Å². The van der Waals surface area contributed by atoms with Gasteiger partial charge in [0.25, 0.3) is 0 Å². The van der Waals surface area contributed by atoms with E-state index in [1.807, 2.05) is 40.6 Å². The molecule has 6 heteroatoms. The Morgan fingerprint density at radius 2 is 2.11 bits per heavy atom. The van der Waals surface area contributed by atoms with Crippen LogP contribution in [0.1, 0.15) is 34.9 Å². The third-order valence-corrected chi connectivity index (χ3v) is 5.96. The molecule has 1 aromatic carbocycles. The molecular formula is C22H24N4OS. The van der Waals surface area contributed by atoms with E-state index in [0.29, 0.717) is 12.4 Å². The number of nitrogens with one attached hydrogen (secondary N) is 1. The number of carbonyl (C=O) groups is 1. The Labute approximate surface area is 169 Å². The van der Waals surface area contributed by atoms with Crippen molar-refractivity contribution in [2.24, 2.45) is 0 Å². The normalized spacial score (nSPS) is 16.8. The number of amides is 1. The van der Waals surface area contributed by atoms with Gasteiger partial charge in [0.15, 0.2) is 0 Å². The third-order valence-electron chi connectivity index (χ3n) is 5.08. The highest BCUT2D eigenvalue weighted by Crippen LogP contribution is 2.27. The van der Waals surface area contributed by atoms with Gasteiger partial charge in [0.2, 0.25) is 11.9 Å². The molecule has 1 atom stereocenters. The Morgan fingerprint density at radius 1 is 1.25 bits per heavy atom. The van der Waals surface area contributed by atoms with Crippen LogP contribution in [0.2, 0.25) is 0 Å². The van der Waals surface area contributed by atoms with Crippen molar-refractivity contribution in [2.45, 2.75) is 32.1 Å². The second-order valence-corrected chi connectivity index (χ2v) is 8.26. The van der Waals surface area contributed by atoms with Gasteiger partial charge in [-0.25, -0.2) is 9.97 Å². The van der Waals surface area contributed by atoms with Gasteiger partial charge in [-0.3, -0.25) is 4.79 Å². The number of hydrogen-bond acceptors (Lipinski definition) is 5. The molecule has 1 saturated heterocycles. The lowest BCUT2D eigenvalue weighted by atomic mass is 9.94. The topological polar surface area (TPSA) is 58.1 Å². The minimum Gasteiger partial charge on any atom is -0.342 e. The predicted octanol–water partition coefficient (Wildman–Crippen LogP) is 4.54. The molecule has 0 spiro atoms. The molecule has 2 aromatic heterocycles. The molecule has 1 aliphatic heterocycles. The molecule has 0 aliphatic carbocycles. The summed E-state index contributed by atoms with van der Waals surface area (Å²) in [7, 11) is 0. The Hall–Kier alpha value is -2.73. The smallest absolute Gasteiger partial charge is 0.227 e. The maximum Gasteiger partial charge on any atom is 0.227 e. The van der Waals surface area contributed by atoms with E-state index in [9.17, 15) is 4.79 Å². The molecule has 4 rings (SSSR count). The molecule has 3 aromatic rings. The quantitative estimate of drug-likeness (QED) is 0.693. The zero-order chi connectivity index (χ0) is 19.3. The van der Waals surface area contributed by atoms with E-state index in [1.165, 1.54) is 5.56 Å². The Morgan fingerprint density at radius 3 is 2.89 bits per heavy atom. The summed E-state index contributed by atoms with van der Waals surface area (Å²) >= 11 is 1.64. The van der Waals surface area contributed by atoms with Crippen LogP contribution in [-0.4, -0.2) is 33.9 Å². The highest BCUT2D eigenvalue weighted by atomic mass is 32.1. The van der Waals surface area contributed by atoms with Gasteiger partial charge < -0.3 is 10.2 Å². The molecule has 1 aliphatic rings. The number of thiophene rings is 1. The van der Waals surface area contributed by atoms with Crippen LogP contribution in [0.25, 0.3) is 0 Å². The van der Waals surface area contributed by atoms with Crippen molar-refractivity contribution in [2.75, 3.05) is 18.4 Å². The highest BCUT2D eigenvalue weighted by Gasteiger charge is 2.26. The minimum absolute atomic E-state index is 0.208. The van der Waals surface area contributed by atoms with Crippen LogP contribution in [0, 0.1) is 6.92 Å². The summed E-state index contributed by atoms with van der Waals surface area (Å²) in [5, 5.41) is 5.29. The number of piperidine rings is 1. The second kappa shape index (κ2) is 8.52. The van der Waals surface area contributed by atoms with Crippen LogP contribution in [-0.2, 0) is 11.2 Å². The Balaban J connectivity index is 1.43. The SMILES string of the molecule is Cc1ccc(Nc2nccc([C@@H]3CCCN(C(=O)Cc4cccs4)C3)n2)cc1. The van der Waals surface area contributed by atoms with Crippen LogP contribution in [0.3, 0.4) is 0 Å². The number of hydrogen-bond donors (Lipinski definition) is 1. The van der Waals surface area contributed by atoms with Gasteiger partial charge in [-0.1, -0.05) is 23.8 Å². The average molecular weight is 393 g/mol. The molecule has 0 bridgehead atoms. The molecule has 28 heavy (non-hydrogen) atoms. The van der Waals surface area contributed by atoms with E-state index in [-0.39, 0.29) is 11.8 Å². The summed E-state index contributed by atoms with van der Waals surface area (Å²) in [6.07, 6.45) is 4.34. The molecule has 3 heterocycles. The molecule has 1 amide bonds. The second-order valence-electron chi connectivity index (χ2n) is 7.23. The Bertz CT molecular complexity index is 924. The lowest BCUT2D eigenvalue weighted by Gasteiger charge is -2.32. The zero-order valence-electron chi connectivity index (χ0n) is 16.0. The van der Waals surface area contributed by atoms with Crippen LogP contribution < -0.4 is 5.32 Å². The fraction of sp³-hybridized carbons (Fsp3) is 0.318. The number of rotatable bonds is 5. The van der Waals surface area contributed by atoms with E-state index >= 15 is 0 Å². The standard InChI is InChI=1S/C22H24N4OS/c1-16-6-8-18(9-7-16)24-22-23-11-10-20(25-22)17-4-2-12-26(15-17)21(27)14-19-5-3-13-28-19/h3,5-11,13,17H,2,4,12,14-15H2,1H3,(H,23,24,25)/t17-/m1/s1. The predicted molar refractivity (Wildman–Crippen MR) is 113 cm³/mol. The van der Waals surface area contributed by atoms with Gasteiger partial charge in [-0.05, 0) is 49.4 Å². The van der Waals surface area contributed by atoms with Gasteiger partial charge in [-0.15, -0.1) is 11.3 Å². The summed E-state index contributed by atoms with van der Waals surface area (Å²) < 4.78 is 0. The molecule has 0 saturated carbocycles. The first-order valence-corrected chi connectivity index (χ1v) is 10.5. The van der Waals surface area contributed by atoms with E-state index in [1.54, 1.807) is 17.5 Å². The first kappa shape index (κ1) is 18.6. The number of nitrogens with zero attached hydrogens (tertiary/aromatic N) is 3. The summed E-state index contributed by atoms with van der Waals surface area (Å²) in [5.74, 6) is 1.06. The third kappa shape index (κ3) is 4.57. The van der Waals surface area contributed by atoms with Crippen molar-refractivity contribution in [3.05, 3.63) is 70.2 Å². The molecule has 0 radical (unpaired) electrons. The molecular weight excluding hydrogens is 368 g/mol. The van der Waals surface area contributed by atoms with Crippen LogP contribution >= 0.6 is 11.3 Å². The Kier molecular flexibility index (Phi) is 5.67. The van der Waals surface area contributed by atoms with E-state index in [2.05, 4.69) is 29.4 Å². The molecule has 0 unspecified atom stereocenters. The van der Waals surface area contributed by atoms with Crippen LogP contribution in [0.5, 0.6) is 0 Å². The van der Waals surface area contributed by atoms with Gasteiger partial charge in [0, 0.05) is 35.8 Å². The van der Waals surface area contributed by atoms with Crippen LogP contribution in [0.15, 0.2) is 54.0 Å². The number of anilines is 2. The summed E-state index contributed by atoms with van der Waals surface area (Å²) in [4.78, 5) is 24.9. The fourth-order valence-corrected chi connectivity index (χ4v) is 4.24. The number of aryl methyl sites for hydroxylation is 1. The van der Waals surface area contributed by atoms with Gasteiger partial charge >= 0.3 is 0 Å². The van der Waals surface area contributed by atoms with Crippen LogP contribution in [0.4, 0.5) is 11.6 Å². The van der Waals surface area contributed by atoms with Crippen molar-refractivity contribution in [3.63, 3.8) is 0 Å². The molecule has 1 fully saturated rings. The average Bonchev–Trinajstić information content (AvgIpc) is 3.23. The van der Waals surface area contributed by atoms with E-state index in [4.69, 9.17) is 4.98 Å². The van der Waals surface area contributed by atoms with Gasteiger partial charge in [-0.2, -0.15) is 0 Å². The number of benzene rings is 1. The van der Waals surface area contributed by atoms with Crippen molar-refractivity contribution in [1.29, 1.82) is 0 Å². The first-order valence-electron chi connectivity index (χ1n) is 9.64. The largest absolute Gasteiger partial charge is 0.342 e. The fourth-order valence-electron chi connectivity index (χ4n) is 3.55. The summed E-state index contributed by atoms with van der Waals surface area (Å²) in [6.45, 7) is 3.63. The molecule has 144 valence electrons. The first-order chi connectivity index (χ1) is 13.7. The van der Waals surface area contributed by atoms with Crippen molar-refractivity contribution < 1.29 is 4.79 Å². The maximum absolute atomic E-state index is 12.7. The molecule has 1 N–H and O–H groups in total.